The van der Waals surface area contributed by atoms with E-state index < -0.39 is 0 Å². The topological polar surface area (TPSA) is 56.8 Å². The van der Waals surface area contributed by atoms with Gasteiger partial charge in [0.15, 0.2) is 0 Å². The van der Waals surface area contributed by atoms with Gasteiger partial charge in [0.1, 0.15) is 17.4 Å². The Morgan fingerprint density at radius 1 is 1.06 bits per heavy atom. The van der Waals surface area contributed by atoms with Gasteiger partial charge in [0.05, 0.1) is 18.7 Å². The Labute approximate surface area is 93.1 Å². The molecule has 0 aliphatic rings. The van der Waals surface area contributed by atoms with Crippen molar-refractivity contribution in [3.63, 3.8) is 0 Å². The summed E-state index contributed by atoms with van der Waals surface area (Å²) in [6, 6.07) is 13.1. The van der Waals surface area contributed by atoms with Gasteiger partial charge in [0.2, 0.25) is 0 Å². The molecule has 2 aromatic rings. The number of nitrogens with zero attached hydrogens (tertiary/aromatic N) is 2. The standard InChI is InChI=1S/C13H8N2O/c1-16-12-6-5-9-3-2-4-10(7-14)13(9)11(12)8-15/h2-6H,1H3. The van der Waals surface area contributed by atoms with Gasteiger partial charge in [0, 0.05) is 5.39 Å². The molecule has 0 radical (unpaired) electrons. The van der Waals surface area contributed by atoms with Gasteiger partial charge >= 0.3 is 0 Å². The Hall–Kier alpha value is -2.52. The molecule has 2 rings (SSSR count). The zero-order valence-electron chi connectivity index (χ0n) is 8.69. The van der Waals surface area contributed by atoms with Crippen LogP contribution in [-0.4, -0.2) is 7.11 Å². The fourth-order valence-electron chi connectivity index (χ4n) is 1.73. The summed E-state index contributed by atoms with van der Waals surface area (Å²) in [7, 11) is 1.51. The molecule has 76 valence electrons. The van der Waals surface area contributed by atoms with Crippen molar-refractivity contribution in [2.24, 2.45) is 0 Å². The van der Waals surface area contributed by atoms with Crippen molar-refractivity contribution in [3.8, 4) is 17.9 Å². The van der Waals surface area contributed by atoms with E-state index in [-0.39, 0.29) is 0 Å². The van der Waals surface area contributed by atoms with Crippen molar-refractivity contribution in [1.82, 2.24) is 0 Å². The molecule has 0 spiro atoms. The molecule has 3 heteroatoms. The molecule has 0 heterocycles. The van der Waals surface area contributed by atoms with Gasteiger partial charge in [-0.1, -0.05) is 18.2 Å². The zero-order chi connectivity index (χ0) is 11.5. The number of fused-ring (bicyclic) bond motifs is 1. The van der Waals surface area contributed by atoms with Crippen LogP contribution in [0.15, 0.2) is 30.3 Å². The highest BCUT2D eigenvalue weighted by Crippen LogP contribution is 2.29. The van der Waals surface area contributed by atoms with Gasteiger partial charge in [-0.15, -0.1) is 0 Å². The Morgan fingerprint density at radius 3 is 2.50 bits per heavy atom. The van der Waals surface area contributed by atoms with Crippen molar-refractivity contribution in [2.45, 2.75) is 0 Å². The molecule has 0 unspecified atom stereocenters. The lowest BCUT2D eigenvalue weighted by Crippen LogP contribution is -1.91. The summed E-state index contributed by atoms with van der Waals surface area (Å²) in [6.07, 6.45) is 0. The van der Waals surface area contributed by atoms with Gasteiger partial charge < -0.3 is 4.74 Å². The van der Waals surface area contributed by atoms with Crippen LogP contribution in [0, 0.1) is 22.7 Å². The third-order valence-corrected chi connectivity index (χ3v) is 2.46. The summed E-state index contributed by atoms with van der Waals surface area (Å²) in [5.41, 5.74) is 0.908. The Kier molecular flexibility index (Phi) is 2.45. The molecule has 0 saturated heterocycles. The van der Waals surface area contributed by atoms with E-state index in [4.69, 9.17) is 15.3 Å². The zero-order valence-corrected chi connectivity index (χ0v) is 8.69. The highest BCUT2D eigenvalue weighted by Gasteiger charge is 2.10. The lowest BCUT2D eigenvalue weighted by Gasteiger charge is -2.07. The van der Waals surface area contributed by atoms with Gasteiger partial charge in [-0.2, -0.15) is 10.5 Å². The second-order valence-electron chi connectivity index (χ2n) is 3.27. The summed E-state index contributed by atoms with van der Waals surface area (Å²) < 4.78 is 5.11. The van der Waals surface area contributed by atoms with E-state index in [1.807, 2.05) is 12.1 Å². The number of nitriles is 2. The lowest BCUT2D eigenvalue weighted by atomic mass is 10.00. The molecule has 16 heavy (non-hydrogen) atoms. The quantitative estimate of drug-likeness (QED) is 0.723. The van der Waals surface area contributed by atoms with Crippen molar-refractivity contribution >= 4 is 10.8 Å². The van der Waals surface area contributed by atoms with Crippen LogP contribution in [-0.2, 0) is 0 Å². The molecular weight excluding hydrogens is 200 g/mol. The molecule has 0 aromatic heterocycles. The minimum atomic E-state index is 0.414. The first kappa shape index (κ1) is 10.0. The summed E-state index contributed by atoms with van der Waals surface area (Å²) in [5.74, 6) is 0.498. The van der Waals surface area contributed by atoms with Crippen molar-refractivity contribution in [2.75, 3.05) is 7.11 Å². The van der Waals surface area contributed by atoms with Crippen LogP contribution in [0.2, 0.25) is 0 Å². The molecule has 0 fully saturated rings. The van der Waals surface area contributed by atoms with E-state index in [1.54, 1.807) is 18.2 Å². The first-order valence-corrected chi connectivity index (χ1v) is 4.71. The largest absolute Gasteiger partial charge is 0.495 e. The van der Waals surface area contributed by atoms with E-state index >= 15 is 0 Å². The molecule has 2 aromatic carbocycles. The highest BCUT2D eigenvalue weighted by molar-refractivity contribution is 5.94. The maximum absolute atomic E-state index is 9.13. The number of benzene rings is 2. The highest BCUT2D eigenvalue weighted by atomic mass is 16.5. The monoisotopic (exact) mass is 208 g/mol. The smallest absolute Gasteiger partial charge is 0.137 e. The molecule has 0 N–H and O–H groups in total. The maximum atomic E-state index is 9.13. The fourth-order valence-corrected chi connectivity index (χ4v) is 1.73. The molecule has 0 aliphatic carbocycles. The van der Waals surface area contributed by atoms with Gasteiger partial charge in [0.25, 0.3) is 0 Å². The Balaban J connectivity index is 2.97. The number of hydrogen-bond donors (Lipinski definition) is 0. The second-order valence-corrected chi connectivity index (χ2v) is 3.27. The molecule has 0 saturated carbocycles. The van der Waals surface area contributed by atoms with Crippen LogP contribution in [0.25, 0.3) is 10.8 Å². The van der Waals surface area contributed by atoms with E-state index in [1.165, 1.54) is 7.11 Å². The van der Waals surface area contributed by atoms with Crippen molar-refractivity contribution in [1.29, 1.82) is 10.5 Å². The molecular formula is C13H8N2O. The molecule has 0 amide bonds. The average molecular weight is 208 g/mol. The van der Waals surface area contributed by atoms with Gasteiger partial charge in [-0.3, -0.25) is 0 Å². The summed E-state index contributed by atoms with van der Waals surface area (Å²) in [4.78, 5) is 0. The summed E-state index contributed by atoms with van der Waals surface area (Å²) >= 11 is 0. The lowest BCUT2D eigenvalue weighted by molar-refractivity contribution is 0.414. The minimum Gasteiger partial charge on any atom is -0.495 e. The third kappa shape index (κ3) is 1.36. The number of methoxy groups -OCH3 is 1. The minimum absolute atomic E-state index is 0.414. The molecule has 0 atom stereocenters. The SMILES string of the molecule is COc1ccc2cccc(C#N)c2c1C#N. The summed E-state index contributed by atoms with van der Waals surface area (Å²) in [6.45, 7) is 0. The summed E-state index contributed by atoms with van der Waals surface area (Å²) in [5, 5.41) is 19.7. The van der Waals surface area contributed by atoms with Crippen LogP contribution >= 0.6 is 0 Å². The molecule has 3 nitrogen and oxygen atoms in total. The van der Waals surface area contributed by atoms with Crippen molar-refractivity contribution in [3.05, 3.63) is 41.5 Å². The van der Waals surface area contributed by atoms with Crippen LogP contribution < -0.4 is 4.74 Å². The fraction of sp³-hybridized carbons (Fsp3) is 0.0769. The van der Waals surface area contributed by atoms with Crippen LogP contribution in [0.5, 0.6) is 5.75 Å². The second kappa shape index (κ2) is 3.92. The van der Waals surface area contributed by atoms with Crippen molar-refractivity contribution < 1.29 is 4.74 Å². The normalized spacial score (nSPS) is 9.44. The van der Waals surface area contributed by atoms with E-state index in [0.29, 0.717) is 22.3 Å². The van der Waals surface area contributed by atoms with Crippen LogP contribution in [0.3, 0.4) is 0 Å². The first-order chi connectivity index (χ1) is 7.81. The maximum Gasteiger partial charge on any atom is 0.137 e. The average Bonchev–Trinajstić information content (AvgIpc) is 2.36. The third-order valence-electron chi connectivity index (χ3n) is 2.46. The number of ether oxygens (including phenoxy) is 1. The first-order valence-electron chi connectivity index (χ1n) is 4.71. The van der Waals surface area contributed by atoms with Crippen LogP contribution in [0.1, 0.15) is 11.1 Å². The van der Waals surface area contributed by atoms with Gasteiger partial charge in [-0.25, -0.2) is 0 Å². The predicted molar refractivity (Wildman–Crippen MR) is 59.9 cm³/mol. The predicted octanol–water partition coefficient (Wildman–Crippen LogP) is 2.59. The Morgan fingerprint density at radius 2 is 1.88 bits per heavy atom. The van der Waals surface area contributed by atoms with E-state index in [2.05, 4.69) is 12.1 Å². The Bertz CT molecular complexity index is 633. The number of hydrogen-bond acceptors (Lipinski definition) is 3. The van der Waals surface area contributed by atoms with E-state index in [0.717, 1.165) is 5.39 Å². The van der Waals surface area contributed by atoms with Gasteiger partial charge in [-0.05, 0) is 17.5 Å². The van der Waals surface area contributed by atoms with Crippen LogP contribution in [0.4, 0.5) is 0 Å². The van der Waals surface area contributed by atoms with E-state index in [9.17, 15) is 0 Å². The molecule has 0 bridgehead atoms. The molecule has 0 aliphatic heterocycles. The number of rotatable bonds is 1.